The molecule has 0 bridgehead atoms. The zero-order chi connectivity index (χ0) is 19.2. The fourth-order valence-electron chi connectivity index (χ4n) is 3.26. The van der Waals surface area contributed by atoms with E-state index in [-0.39, 0.29) is 10.5 Å². The van der Waals surface area contributed by atoms with Gasteiger partial charge in [-0.05, 0) is 36.4 Å². The molecule has 1 fully saturated rings. The number of hydrogen-bond donors (Lipinski definition) is 0. The van der Waals surface area contributed by atoms with Crippen LogP contribution in [-0.4, -0.2) is 43.5 Å². The van der Waals surface area contributed by atoms with Crippen molar-refractivity contribution in [2.75, 3.05) is 31.1 Å². The minimum atomic E-state index is -3.66. The number of fused-ring (bicyclic) bond motifs is 1. The number of aromatic nitrogens is 1. The molecule has 0 aliphatic carbocycles. The zero-order valence-electron chi connectivity index (χ0n) is 14.6. The van der Waals surface area contributed by atoms with Gasteiger partial charge < -0.3 is 9.32 Å². The Morgan fingerprint density at radius 3 is 2.33 bits per heavy atom. The number of rotatable bonds is 3. The summed E-state index contributed by atoms with van der Waals surface area (Å²) in [5, 5.41) is 0.669. The van der Waals surface area contributed by atoms with Crippen LogP contribution < -0.4 is 10.7 Å². The van der Waals surface area contributed by atoms with E-state index < -0.39 is 15.8 Å². The molecule has 2 heterocycles. The molecule has 0 atom stereocenters. The van der Waals surface area contributed by atoms with E-state index in [0.717, 1.165) is 5.69 Å². The minimum Gasteiger partial charge on any atom is -0.408 e. The molecule has 1 aliphatic heterocycles. The lowest BCUT2D eigenvalue weighted by atomic mass is 10.2. The molecule has 7 nitrogen and oxygen atoms in total. The number of nitrogens with zero attached hydrogens (tertiary/aromatic N) is 3. The largest absolute Gasteiger partial charge is 0.419 e. The van der Waals surface area contributed by atoms with Gasteiger partial charge in [-0.25, -0.2) is 13.2 Å². The Morgan fingerprint density at radius 2 is 1.67 bits per heavy atom. The van der Waals surface area contributed by atoms with Crippen LogP contribution in [0.3, 0.4) is 0 Å². The van der Waals surface area contributed by atoms with Crippen molar-refractivity contribution < 1.29 is 12.8 Å². The molecule has 0 N–H and O–H groups in total. The Balaban J connectivity index is 1.55. The van der Waals surface area contributed by atoms with E-state index in [0.29, 0.717) is 36.7 Å². The minimum absolute atomic E-state index is 0.129. The van der Waals surface area contributed by atoms with Gasteiger partial charge in [0.25, 0.3) is 0 Å². The second kappa shape index (κ2) is 6.70. The van der Waals surface area contributed by atoms with Gasteiger partial charge in [-0.3, -0.25) is 4.57 Å². The number of oxazole rings is 1. The standard InChI is InChI=1S/C18H18ClN3O4S/c1-20-16-7-6-15(12-17(16)26-18(20)23)27(24,25)22-10-8-21(9-11-22)14-4-2-13(19)3-5-14/h2-7,12H,8-11H2,1H3. The lowest BCUT2D eigenvalue weighted by Crippen LogP contribution is -2.48. The van der Waals surface area contributed by atoms with Crippen LogP contribution in [0.2, 0.25) is 5.02 Å². The summed E-state index contributed by atoms with van der Waals surface area (Å²) in [4.78, 5) is 13.9. The number of piperazine rings is 1. The average molecular weight is 408 g/mol. The van der Waals surface area contributed by atoms with Gasteiger partial charge in [0, 0.05) is 50.0 Å². The fraction of sp³-hybridized carbons (Fsp3) is 0.278. The fourth-order valence-corrected chi connectivity index (χ4v) is 4.83. The highest BCUT2D eigenvalue weighted by atomic mass is 35.5. The molecule has 27 heavy (non-hydrogen) atoms. The average Bonchev–Trinajstić information content (AvgIpc) is 2.96. The Hall–Kier alpha value is -2.29. The lowest BCUT2D eigenvalue weighted by Gasteiger charge is -2.35. The van der Waals surface area contributed by atoms with Gasteiger partial charge in [-0.15, -0.1) is 0 Å². The first-order chi connectivity index (χ1) is 12.9. The predicted molar refractivity (Wildman–Crippen MR) is 104 cm³/mol. The molecular formula is C18H18ClN3O4S. The number of sulfonamides is 1. The maximum atomic E-state index is 13.0. The van der Waals surface area contributed by atoms with Crippen molar-refractivity contribution in [1.82, 2.24) is 8.87 Å². The molecule has 0 amide bonds. The molecule has 0 saturated carbocycles. The van der Waals surface area contributed by atoms with Gasteiger partial charge in [0.05, 0.1) is 10.4 Å². The molecule has 0 spiro atoms. The molecule has 0 radical (unpaired) electrons. The highest BCUT2D eigenvalue weighted by molar-refractivity contribution is 7.89. The first kappa shape index (κ1) is 18.1. The summed E-state index contributed by atoms with van der Waals surface area (Å²) in [6, 6.07) is 12.0. The maximum absolute atomic E-state index is 13.0. The van der Waals surface area contributed by atoms with Crippen molar-refractivity contribution in [3.05, 3.63) is 58.0 Å². The molecule has 9 heteroatoms. The van der Waals surface area contributed by atoms with E-state index in [4.69, 9.17) is 16.0 Å². The Bertz CT molecular complexity index is 1140. The van der Waals surface area contributed by atoms with Crippen LogP contribution in [0, 0.1) is 0 Å². The summed E-state index contributed by atoms with van der Waals surface area (Å²) >= 11 is 5.92. The smallest absolute Gasteiger partial charge is 0.408 e. The van der Waals surface area contributed by atoms with Crippen molar-refractivity contribution >= 4 is 38.4 Å². The van der Waals surface area contributed by atoms with Gasteiger partial charge >= 0.3 is 5.76 Å². The van der Waals surface area contributed by atoms with E-state index in [9.17, 15) is 13.2 Å². The van der Waals surface area contributed by atoms with Crippen LogP contribution in [0.1, 0.15) is 0 Å². The monoisotopic (exact) mass is 407 g/mol. The number of hydrogen-bond acceptors (Lipinski definition) is 5. The molecule has 1 aliphatic rings. The highest BCUT2D eigenvalue weighted by Crippen LogP contribution is 2.24. The van der Waals surface area contributed by atoms with Gasteiger partial charge in [0.1, 0.15) is 0 Å². The summed E-state index contributed by atoms with van der Waals surface area (Å²) in [6.07, 6.45) is 0. The van der Waals surface area contributed by atoms with Gasteiger partial charge in [-0.2, -0.15) is 4.31 Å². The molecule has 2 aromatic carbocycles. The quantitative estimate of drug-likeness (QED) is 0.665. The second-order valence-electron chi connectivity index (χ2n) is 6.42. The highest BCUT2D eigenvalue weighted by Gasteiger charge is 2.29. The van der Waals surface area contributed by atoms with E-state index in [1.54, 1.807) is 13.1 Å². The third-order valence-electron chi connectivity index (χ3n) is 4.83. The molecule has 0 unspecified atom stereocenters. The molecule has 142 valence electrons. The zero-order valence-corrected chi connectivity index (χ0v) is 16.2. The van der Waals surface area contributed by atoms with Crippen LogP contribution in [0.15, 0.2) is 56.6 Å². The van der Waals surface area contributed by atoms with Crippen LogP contribution in [0.25, 0.3) is 11.1 Å². The summed E-state index contributed by atoms with van der Waals surface area (Å²) in [6.45, 7) is 1.93. The van der Waals surface area contributed by atoms with E-state index in [1.165, 1.54) is 21.0 Å². The molecular weight excluding hydrogens is 390 g/mol. The van der Waals surface area contributed by atoms with Gasteiger partial charge in [0.2, 0.25) is 10.0 Å². The van der Waals surface area contributed by atoms with E-state index >= 15 is 0 Å². The molecule has 3 aromatic rings. The van der Waals surface area contributed by atoms with Crippen molar-refractivity contribution in [1.29, 1.82) is 0 Å². The summed E-state index contributed by atoms with van der Waals surface area (Å²) in [5.74, 6) is -0.517. The topological polar surface area (TPSA) is 75.8 Å². The maximum Gasteiger partial charge on any atom is 0.419 e. The summed E-state index contributed by atoms with van der Waals surface area (Å²) in [5.41, 5.74) is 1.85. The SMILES string of the molecule is Cn1c(=O)oc2cc(S(=O)(=O)N3CCN(c4ccc(Cl)cc4)CC3)ccc21. The van der Waals surface area contributed by atoms with E-state index in [1.807, 2.05) is 24.3 Å². The van der Waals surface area contributed by atoms with E-state index in [2.05, 4.69) is 4.90 Å². The summed E-state index contributed by atoms with van der Waals surface area (Å²) < 4.78 is 33.9. The Morgan fingerprint density at radius 1 is 1.00 bits per heavy atom. The van der Waals surface area contributed by atoms with Crippen molar-refractivity contribution in [3.63, 3.8) is 0 Å². The lowest BCUT2D eigenvalue weighted by molar-refractivity contribution is 0.385. The number of benzene rings is 2. The van der Waals surface area contributed by atoms with Crippen molar-refractivity contribution in [3.8, 4) is 0 Å². The number of halogens is 1. The van der Waals surface area contributed by atoms with Crippen LogP contribution in [0.4, 0.5) is 5.69 Å². The molecule has 4 rings (SSSR count). The number of anilines is 1. The number of aryl methyl sites for hydroxylation is 1. The predicted octanol–water partition coefficient (Wildman–Crippen LogP) is 2.30. The molecule has 1 aromatic heterocycles. The second-order valence-corrected chi connectivity index (χ2v) is 8.80. The van der Waals surface area contributed by atoms with Gasteiger partial charge in [0.15, 0.2) is 5.58 Å². The first-order valence-corrected chi connectivity index (χ1v) is 10.3. The van der Waals surface area contributed by atoms with Gasteiger partial charge in [-0.1, -0.05) is 11.6 Å². The Kier molecular flexibility index (Phi) is 4.49. The van der Waals surface area contributed by atoms with Crippen LogP contribution >= 0.6 is 11.6 Å². The first-order valence-electron chi connectivity index (χ1n) is 8.46. The van der Waals surface area contributed by atoms with Crippen molar-refractivity contribution in [2.45, 2.75) is 4.90 Å². The Labute approximate surface area is 161 Å². The van der Waals surface area contributed by atoms with Crippen LogP contribution in [0.5, 0.6) is 0 Å². The third-order valence-corrected chi connectivity index (χ3v) is 6.98. The molecule has 1 saturated heterocycles. The van der Waals surface area contributed by atoms with Crippen molar-refractivity contribution in [2.24, 2.45) is 7.05 Å². The summed E-state index contributed by atoms with van der Waals surface area (Å²) in [7, 11) is -2.07. The normalized spacial score (nSPS) is 16.1. The van der Waals surface area contributed by atoms with Crippen LogP contribution in [-0.2, 0) is 17.1 Å². The third kappa shape index (κ3) is 3.24.